The Bertz CT molecular complexity index is 831. The van der Waals surface area contributed by atoms with Crippen molar-refractivity contribution < 1.29 is 4.74 Å². The topological polar surface area (TPSA) is 55.5 Å². The Kier molecular flexibility index (Phi) is 3.27. The first-order chi connectivity index (χ1) is 11.2. The molecule has 0 bridgehead atoms. The third-order valence-electron chi connectivity index (χ3n) is 4.39. The standard InChI is InChI=1S/C17H19N5O/c1-13-18-19-15-8-9-16(20-22(13)15)21-10-11-23-17(2,12-21)14-6-4-3-5-7-14/h3-9H,10-12H2,1-2H3. The molecule has 6 nitrogen and oxygen atoms in total. The van der Waals surface area contributed by atoms with Gasteiger partial charge in [0.05, 0.1) is 13.2 Å². The molecule has 4 rings (SSSR count). The van der Waals surface area contributed by atoms with Crippen LogP contribution in [0.15, 0.2) is 42.5 Å². The number of hydrogen-bond donors (Lipinski definition) is 0. The van der Waals surface area contributed by atoms with Gasteiger partial charge in [-0.3, -0.25) is 0 Å². The zero-order valence-electron chi connectivity index (χ0n) is 13.3. The van der Waals surface area contributed by atoms with E-state index in [9.17, 15) is 0 Å². The largest absolute Gasteiger partial charge is 0.367 e. The molecule has 1 unspecified atom stereocenters. The Balaban J connectivity index is 1.67. The fraction of sp³-hybridized carbons (Fsp3) is 0.353. The van der Waals surface area contributed by atoms with E-state index in [1.165, 1.54) is 5.56 Å². The van der Waals surface area contributed by atoms with E-state index in [1.54, 1.807) is 4.52 Å². The van der Waals surface area contributed by atoms with Crippen molar-refractivity contribution in [1.82, 2.24) is 19.8 Å². The average molecular weight is 309 g/mol. The van der Waals surface area contributed by atoms with Crippen molar-refractivity contribution >= 4 is 11.5 Å². The van der Waals surface area contributed by atoms with Crippen molar-refractivity contribution in [2.24, 2.45) is 0 Å². The number of ether oxygens (including phenoxy) is 1. The lowest BCUT2D eigenvalue weighted by Gasteiger charge is -2.41. The molecule has 0 saturated carbocycles. The lowest BCUT2D eigenvalue weighted by Crippen LogP contribution is -2.48. The lowest BCUT2D eigenvalue weighted by molar-refractivity contribution is -0.0468. The van der Waals surface area contributed by atoms with Crippen LogP contribution in [0.1, 0.15) is 18.3 Å². The molecule has 118 valence electrons. The van der Waals surface area contributed by atoms with Crippen LogP contribution in [0, 0.1) is 6.92 Å². The maximum Gasteiger partial charge on any atom is 0.178 e. The molecule has 23 heavy (non-hydrogen) atoms. The van der Waals surface area contributed by atoms with Crippen LogP contribution in [0.3, 0.4) is 0 Å². The van der Waals surface area contributed by atoms with Crippen molar-refractivity contribution in [3.05, 3.63) is 53.9 Å². The summed E-state index contributed by atoms with van der Waals surface area (Å²) in [6.45, 7) is 6.30. The molecule has 1 fully saturated rings. The first-order valence-electron chi connectivity index (χ1n) is 7.79. The molecule has 0 N–H and O–H groups in total. The number of aryl methyl sites for hydroxylation is 1. The molecular formula is C17H19N5O. The molecule has 1 aliphatic rings. The molecule has 1 aliphatic heterocycles. The quantitative estimate of drug-likeness (QED) is 0.726. The van der Waals surface area contributed by atoms with Crippen LogP contribution >= 0.6 is 0 Å². The summed E-state index contributed by atoms with van der Waals surface area (Å²) in [6.07, 6.45) is 0. The van der Waals surface area contributed by atoms with E-state index < -0.39 is 0 Å². The summed E-state index contributed by atoms with van der Waals surface area (Å²) in [5.74, 6) is 1.71. The first-order valence-corrected chi connectivity index (χ1v) is 7.79. The van der Waals surface area contributed by atoms with E-state index >= 15 is 0 Å². The summed E-state index contributed by atoms with van der Waals surface area (Å²) in [4.78, 5) is 2.26. The maximum atomic E-state index is 6.10. The average Bonchev–Trinajstić information content (AvgIpc) is 2.96. The highest BCUT2D eigenvalue weighted by Crippen LogP contribution is 2.31. The molecular weight excluding hydrogens is 290 g/mol. The second kappa shape index (κ2) is 5.31. The van der Waals surface area contributed by atoms with Gasteiger partial charge in [0.1, 0.15) is 11.4 Å². The van der Waals surface area contributed by atoms with Crippen molar-refractivity contribution in [3.63, 3.8) is 0 Å². The van der Waals surface area contributed by atoms with Crippen molar-refractivity contribution in [1.29, 1.82) is 0 Å². The van der Waals surface area contributed by atoms with Crippen LogP contribution in [0.5, 0.6) is 0 Å². The van der Waals surface area contributed by atoms with E-state index in [4.69, 9.17) is 4.74 Å². The van der Waals surface area contributed by atoms with Gasteiger partial charge in [0, 0.05) is 6.54 Å². The summed E-state index contributed by atoms with van der Waals surface area (Å²) in [7, 11) is 0. The van der Waals surface area contributed by atoms with Crippen LogP contribution in [0.4, 0.5) is 5.82 Å². The van der Waals surface area contributed by atoms with Gasteiger partial charge in [-0.1, -0.05) is 30.3 Å². The Labute approximate surface area is 134 Å². The van der Waals surface area contributed by atoms with Crippen LogP contribution in [-0.4, -0.2) is 39.5 Å². The minimum atomic E-state index is -0.335. The van der Waals surface area contributed by atoms with E-state index in [-0.39, 0.29) is 5.60 Å². The molecule has 3 heterocycles. The van der Waals surface area contributed by atoms with Crippen LogP contribution in [-0.2, 0) is 10.3 Å². The Morgan fingerprint density at radius 2 is 1.91 bits per heavy atom. The Hall–Kier alpha value is -2.47. The molecule has 0 radical (unpaired) electrons. The number of fused-ring (bicyclic) bond motifs is 1. The van der Waals surface area contributed by atoms with Gasteiger partial charge < -0.3 is 9.64 Å². The summed E-state index contributed by atoms with van der Waals surface area (Å²) < 4.78 is 7.88. The van der Waals surface area contributed by atoms with Gasteiger partial charge in [-0.05, 0) is 31.5 Å². The second-order valence-electron chi connectivity index (χ2n) is 6.08. The molecule has 2 aromatic heterocycles. The molecule has 0 spiro atoms. The van der Waals surface area contributed by atoms with Gasteiger partial charge >= 0.3 is 0 Å². The number of rotatable bonds is 2. The normalized spacial score (nSPS) is 21.7. The first kappa shape index (κ1) is 14.1. The summed E-state index contributed by atoms with van der Waals surface area (Å²) >= 11 is 0. The van der Waals surface area contributed by atoms with Crippen molar-refractivity contribution in [2.45, 2.75) is 19.4 Å². The molecule has 1 saturated heterocycles. The van der Waals surface area contributed by atoms with E-state index in [2.05, 4.69) is 39.3 Å². The van der Waals surface area contributed by atoms with Gasteiger partial charge in [0.25, 0.3) is 0 Å². The lowest BCUT2D eigenvalue weighted by atomic mass is 9.94. The van der Waals surface area contributed by atoms with Gasteiger partial charge in [0.15, 0.2) is 11.5 Å². The van der Waals surface area contributed by atoms with Crippen molar-refractivity contribution in [2.75, 3.05) is 24.6 Å². The molecule has 1 atom stereocenters. The van der Waals surface area contributed by atoms with Crippen LogP contribution < -0.4 is 4.90 Å². The fourth-order valence-electron chi connectivity index (χ4n) is 3.09. The minimum Gasteiger partial charge on any atom is -0.367 e. The molecule has 0 aliphatic carbocycles. The number of anilines is 1. The Morgan fingerprint density at radius 3 is 2.74 bits per heavy atom. The van der Waals surface area contributed by atoms with E-state index in [1.807, 2.05) is 37.3 Å². The number of aromatic nitrogens is 4. The Morgan fingerprint density at radius 1 is 1.09 bits per heavy atom. The summed E-state index contributed by atoms with van der Waals surface area (Å²) in [5, 5.41) is 12.8. The fourth-order valence-corrected chi connectivity index (χ4v) is 3.09. The van der Waals surface area contributed by atoms with Gasteiger partial charge in [-0.2, -0.15) is 4.52 Å². The second-order valence-corrected chi connectivity index (χ2v) is 6.08. The number of benzene rings is 1. The smallest absolute Gasteiger partial charge is 0.178 e. The highest BCUT2D eigenvalue weighted by molar-refractivity contribution is 5.46. The third kappa shape index (κ3) is 2.45. The predicted molar refractivity (Wildman–Crippen MR) is 87.5 cm³/mol. The van der Waals surface area contributed by atoms with Crippen molar-refractivity contribution in [3.8, 4) is 0 Å². The highest BCUT2D eigenvalue weighted by Gasteiger charge is 2.34. The number of morpholine rings is 1. The van der Waals surface area contributed by atoms with Crippen LogP contribution in [0.2, 0.25) is 0 Å². The van der Waals surface area contributed by atoms with E-state index in [0.717, 1.165) is 30.4 Å². The van der Waals surface area contributed by atoms with Crippen LogP contribution in [0.25, 0.3) is 5.65 Å². The molecule has 1 aromatic carbocycles. The zero-order chi connectivity index (χ0) is 15.9. The number of nitrogens with zero attached hydrogens (tertiary/aromatic N) is 5. The molecule has 0 amide bonds. The zero-order valence-corrected chi connectivity index (χ0v) is 13.3. The predicted octanol–water partition coefficient (Wildman–Crippen LogP) is 2.18. The highest BCUT2D eigenvalue weighted by atomic mass is 16.5. The minimum absolute atomic E-state index is 0.335. The summed E-state index contributed by atoms with van der Waals surface area (Å²) in [6, 6.07) is 14.3. The molecule has 3 aromatic rings. The summed E-state index contributed by atoms with van der Waals surface area (Å²) in [5.41, 5.74) is 1.62. The monoisotopic (exact) mass is 309 g/mol. The SMILES string of the molecule is Cc1nnc2ccc(N3CCOC(C)(c4ccccc4)C3)nn12. The van der Waals surface area contributed by atoms with Gasteiger partial charge in [0.2, 0.25) is 0 Å². The maximum absolute atomic E-state index is 6.10. The molecule has 6 heteroatoms. The number of hydrogen-bond acceptors (Lipinski definition) is 5. The van der Waals surface area contributed by atoms with E-state index in [0.29, 0.717) is 6.61 Å². The van der Waals surface area contributed by atoms with Gasteiger partial charge in [-0.25, -0.2) is 0 Å². The van der Waals surface area contributed by atoms with Gasteiger partial charge in [-0.15, -0.1) is 15.3 Å². The third-order valence-corrected chi connectivity index (χ3v) is 4.39.